The summed E-state index contributed by atoms with van der Waals surface area (Å²) < 4.78 is 13.7. The molecular formula is C20H25FO3. The average Bonchev–Trinajstić information content (AvgIpc) is 2.90. The molecule has 0 bridgehead atoms. The van der Waals surface area contributed by atoms with Crippen molar-refractivity contribution < 1.29 is 19.1 Å². The quantitative estimate of drug-likeness (QED) is 0.657. The fourth-order valence-electron chi connectivity index (χ4n) is 3.37. The lowest BCUT2D eigenvalue weighted by Crippen LogP contribution is -2.13. The lowest BCUT2D eigenvalue weighted by atomic mass is 9.89. The van der Waals surface area contributed by atoms with Gasteiger partial charge in [0.2, 0.25) is 0 Å². The minimum Gasteiger partial charge on any atom is -0.481 e. The zero-order valence-corrected chi connectivity index (χ0v) is 13.9. The number of carbonyl (C=O) groups is 2. The molecule has 130 valence electrons. The number of aliphatic carboxylic acids is 1. The number of hydrogen-bond donors (Lipinski definition) is 1. The van der Waals surface area contributed by atoms with Gasteiger partial charge in [0.05, 0.1) is 0 Å². The number of carbonyl (C=O) groups excluding carboxylic acids is 1. The van der Waals surface area contributed by atoms with Gasteiger partial charge >= 0.3 is 5.97 Å². The Morgan fingerprint density at radius 1 is 1.21 bits per heavy atom. The van der Waals surface area contributed by atoms with Crippen molar-refractivity contribution in [3.8, 4) is 0 Å². The van der Waals surface area contributed by atoms with Gasteiger partial charge in [0, 0.05) is 24.3 Å². The van der Waals surface area contributed by atoms with Crippen LogP contribution < -0.4 is 0 Å². The van der Waals surface area contributed by atoms with Crippen LogP contribution in [-0.4, -0.2) is 16.9 Å². The highest BCUT2D eigenvalue weighted by Crippen LogP contribution is 2.34. The molecule has 0 heterocycles. The molecule has 24 heavy (non-hydrogen) atoms. The molecule has 2 rings (SSSR count). The number of halogens is 1. The summed E-state index contributed by atoms with van der Waals surface area (Å²) in [5.74, 6) is -0.459. The van der Waals surface area contributed by atoms with Crippen molar-refractivity contribution in [1.29, 1.82) is 0 Å². The predicted octanol–water partition coefficient (Wildman–Crippen LogP) is 4.86. The van der Waals surface area contributed by atoms with E-state index in [2.05, 4.69) is 0 Å². The van der Waals surface area contributed by atoms with Crippen molar-refractivity contribution in [2.45, 2.75) is 51.4 Å². The second kappa shape index (κ2) is 9.36. The summed E-state index contributed by atoms with van der Waals surface area (Å²) in [6.45, 7) is 0. The molecule has 1 N–H and O–H groups in total. The number of allylic oxidation sites excluding steroid dienone is 1. The van der Waals surface area contributed by atoms with Crippen LogP contribution in [0.25, 0.3) is 6.08 Å². The molecule has 3 nitrogen and oxygen atoms in total. The highest BCUT2D eigenvalue weighted by molar-refractivity contribution is 5.84. The summed E-state index contributed by atoms with van der Waals surface area (Å²) >= 11 is 0. The third-order valence-corrected chi connectivity index (χ3v) is 4.74. The van der Waals surface area contributed by atoms with E-state index >= 15 is 0 Å². The van der Waals surface area contributed by atoms with Crippen LogP contribution in [0.1, 0.15) is 56.9 Å². The smallest absolute Gasteiger partial charge is 0.303 e. The molecule has 2 atom stereocenters. The molecule has 0 spiro atoms. The van der Waals surface area contributed by atoms with Crippen molar-refractivity contribution in [1.82, 2.24) is 0 Å². The number of Topliss-reactive ketones (excluding diaryl/α,β-unsaturated/α-hetero) is 1. The Kier molecular flexibility index (Phi) is 7.16. The van der Waals surface area contributed by atoms with Crippen molar-refractivity contribution >= 4 is 17.8 Å². The average molecular weight is 332 g/mol. The maximum Gasteiger partial charge on any atom is 0.303 e. The molecule has 0 radical (unpaired) electrons. The van der Waals surface area contributed by atoms with E-state index in [0.717, 1.165) is 32.1 Å². The van der Waals surface area contributed by atoms with Crippen molar-refractivity contribution in [2.75, 3.05) is 0 Å². The Labute approximate surface area is 142 Å². The predicted molar refractivity (Wildman–Crippen MR) is 92.0 cm³/mol. The lowest BCUT2D eigenvalue weighted by molar-refractivity contribution is -0.137. The highest BCUT2D eigenvalue weighted by Gasteiger charge is 2.32. The van der Waals surface area contributed by atoms with Gasteiger partial charge in [-0.15, -0.1) is 0 Å². The van der Waals surface area contributed by atoms with Gasteiger partial charge in [-0.3, -0.25) is 9.59 Å². The fraction of sp³-hybridized carbons (Fsp3) is 0.500. The first-order valence-corrected chi connectivity index (χ1v) is 8.75. The van der Waals surface area contributed by atoms with Crippen LogP contribution in [0.2, 0.25) is 0 Å². The Bertz CT molecular complexity index is 594. The molecule has 1 aromatic carbocycles. The molecule has 1 aliphatic rings. The highest BCUT2D eigenvalue weighted by atomic mass is 19.1. The van der Waals surface area contributed by atoms with Crippen LogP contribution in [0.3, 0.4) is 0 Å². The number of ketones is 1. The van der Waals surface area contributed by atoms with E-state index in [9.17, 15) is 14.0 Å². The Hall–Kier alpha value is -1.97. The first-order chi connectivity index (χ1) is 11.6. The Morgan fingerprint density at radius 2 is 1.96 bits per heavy atom. The number of unbranched alkanes of at least 4 members (excludes halogenated alkanes) is 3. The SMILES string of the molecule is O=C(O)CCCCCCC1C(=O)CCC1/C=C/c1ccccc1F. The maximum atomic E-state index is 13.7. The van der Waals surface area contributed by atoms with Crippen LogP contribution >= 0.6 is 0 Å². The van der Waals surface area contributed by atoms with Gasteiger partial charge in [0.15, 0.2) is 0 Å². The standard InChI is InChI=1S/C20H25FO3/c21-18-9-6-5-7-16(18)12-11-15-13-14-19(22)17(15)8-3-1-2-4-10-20(23)24/h5-7,9,11-12,15,17H,1-4,8,10,13-14H2,(H,23,24)/b12-11+. The number of carboxylic acids is 1. The molecule has 0 aliphatic heterocycles. The van der Waals surface area contributed by atoms with Gasteiger partial charge in [0.1, 0.15) is 11.6 Å². The van der Waals surface area contributed by atoms with Gasteiger partial charge in [-0.05, 0) is 31.2 Å². The summed E-state index contributed by atoms with van der Waals surface area (Å²) in [5, 5.41) is 8.61. The molecule has 0 saturated heterocycles. The monoisotopic (exact) mass is 332 g/mol. The zero-order chi connectivity index (χ0) is 17.4. The Morgan fingerprint density at radius 3 is 2.71 bits per heavy atom. The van der Waals surface area contributed by atoms with Crippen LogP contribution in [-0.2, 0) is 9.59 Å². The van der Waals surface area contributed by atoms with Gasteiger partial charge in [-0.2, -0.15) is 0 Å². The van der Waals surface area contributed by atoms with Crippen molar-refractivity contribution in [2.24, 2.45) is 11.8 Å². The molecule has 4 heteroatoms. The van der Waals surface area contributed by atoms with E-state index in [-0.39, 0.29) is 24.1 Å². The van der Waals surface area contributed by atoms with Gasteiger partial charge in [-0.1, -0.05) is 49.6 Å². The van der Waals surface area contributed by atoms with Crippen molar-refractivity contribution in [3.63, 3.8) is 0 Å². The molecule has 1 aromatic rings. The largest absolute Gasteiger partial charge is 0.481 e. The van der Waals surface area contributed by atoms with E-state index in [4.69, 9.17) is 5.11 Å². The van der Waals surface area contributed by atoms with E-state index < -0.39 is 5.97 Å². The normalized spacial score (nSPS) is 20.8. The first kappa shape index (κ1) is 18.4. The summed E-state index contributed by atoms with van der Waals surface area (Å²) in [4.78, 5) is 22.5. The molecule has 0 amide bonds. The molecule has 2 unspecified atom stereocenters. The summed E-state index contributed by atoms with van der Waals surface area (Å²) in [5.41, 5.74) is 0.560. The second-order valence-corrected chi connectivity index (χ2v) is 6.50. The zero-order valence-electron chi connectivity index (χ0n) is 13.9. The summed E-state index contributed by atoms with van der Waals surface area (Å²) in [7, 11) is 0. The molecule has 1 saturated carbocycles. The molecule has 1 fully saturated rings. The number of rotatable bonds is 9. The van der Waals surface area contributed by atoms with E-state index in [1.807, 2.05) is 6.08 Å². The third-order valence-electron chi connectivity index (χ3n) is 4.74. The van der Waals surface area contributed by atoms with E-state index in [1.165, 1.54) is 6.07 Å². The summed E-state index contributed by atoms with van der Waals surface area (Å²) in [6, 6.07) is 6.64. The topological polar surface area (TPSA) is 54.4 Å². The molecular weight excluding hydrogens is 307 g/mol. The number of carboxylic acid groups (broad SMARTS) is 1. The van der Waals surface area contributed by atoms with Crippen LogP contribution in [0.5, 0.6) is 0 Å². The molecule has 1 aliphatic carbocycles. The molecule has 0 aromatic heterocycles. The van der Waals surface area contributed by atoms with Gasteiger partial charge in [-0.25, -0.2) is 4.39 Å². The summed E-state index contributed by atoms with van der Waals surface area (Å²) in [6.07, 6.45) is 9.78. The lowest BCUT2D eigenvalue weighted by Gasteiger charge is -2.14. The minimum atomic E-state index is -0.751. The van der Waals surface area contributed by atoms with E-state index in [1.54, 1.807) is 24.3 Å². The minimum absolute atomic E-state index is 0.0347. The van der Waals surface area contributed by atoms with Gasteiger partial charge in [0.25, 0.3) is 0 Å². The Balaban J connectivity index is 1.81. The van der Waals surface area contributed by atoms with Crippen LogP contribution in [0.4, 0.5) is 4.39 Å². The van der Waals surface area contributed by atoms with Gasteiger partial charge < -0.3 is 5.11 Å². The van der Waals surface area contributed by atoms with Crippen molar-refractivity contribution in [3.05, 3.63) is 41.7 Å². The number of benzene rings is 1. The van der Waals surface area contributed by atoms with E-state index in [0.29, 0.717) is 24.2 Å². The first-order valence-electron chi connectivity index (χ1n) is 8.75. The maximum absolute atomic E-state index is 13.7. The number of hydrogen-bond acceptors (Lipinski definition) is 2. The van der Waals surface area contributed by atoms with Crippen LogP contribution in [0.15, 0.2) is 30.3 Å². The second-order valence-electron chi connectivity index (χ2n) is 6.50. The fourth-order valence-corrected chi connectivity index (χ4v) is 3.37. The third kappa shape index (κ3) is 5.59. The van der Waals surface area contributed by atoms with Crippen LogP contribution in [0, 0.1) is 17.7 Å².